The highest BCUT2D eigenvalue weighted by molar-refractivity contribution is 7.88. The van der Waals surface area contributed by atoms with E-state index in [4.69, 9.17) is 0 Å². The van der Waals surface area contributed by atoms with E-state index in [0.717, 1.165) is 30.3 Å². The van der Waals surface area contributed by atoms with E-state index in [-0.39, 0.29) is 22.6 Å². The lowest BCUT2D eigenvalue weighted by Gasteiger charge is -2.17. The first-order valence-corrected chi connectivity index (χ1v) is 9.51. The van der Waals surface area contributed by atoms with Gasteiger partial charge >= 0.3 is 0 Å². The number of hydrogen-bond acceptors (Lipinski definition) is 5. The summed E-state index contributed by atoms with van der Waals surface area (Å²) < 4.78 is 25.1. The summed E-state index contributed by atoms with van der Waals surface area (Å²) in [6.07, 6.45) is 1.91. The zero-order valence-electron chi connectivity index (χ0n) is 13.7. The van der Waals surface area contributed by atoms with Gasteiger partial charge in [-0.3, -0.25) is 15.0 Å². The van der Waals surface area contributed by atoms with Crippen LogP contribution in [0.25, 0.3) is 0 Å². The summed E-state index contributed by atoms with van der Waals surface area (Å²) in [5.74, 6) is 0.0968. The molecule has 1 heterocycles. The molecule has 7 nitrogen and oxygen atoms in total. The Labute approximate surface area is 136 Å². The van der Waals surface area contributed by atoms with Gasteiger partial charge < -0.3 is 0 Å². The fourth-order valence-corrected chi connectivity index (χ4v) is 3.77. The summed E-state index contributed by atoms with van der Waals surface area (Å²) in [6, 6.07) is 5.28. The summed E-state index contributed by atoms with van der Waals surface area (Å²) >= 11 is 0. The Bertz CT molecular complexity index is 688. The average Bonchev–Trinajstić information content (AvgIpc) is 2.83. The summed E-state index contributed by atoms with van der Waals surface area (Å²) in [6.45, 7) is 5.84. The lowest BCUT2D eigenvalue weighted by atomic mass is 9.99. The monoisotopic (exact) mass is 341 g/mol. The van der Waals surface area contributed by atoms with Crippen molar-refractivity contribution in [3.05, 3.63) is 39.4 Å². The highest BCUT2D eigenvalue weighted by Gasteiger charge is 2.25. The number of sulfonamides is 1. The van der Waals surface area contributed by atoms with Crippen LogP contribution in [0.2, 0.25) is 0 Å². The second kappa shape index (κ2) is 6.94. The van der Waals surface area contributed by atoms with Gasteiger partial charge in [0, 0.05) is 37.3 Å². The molecule has 1 fully saturated rings. The number of rotatable bonds is 6. The molecule has 0 spiro atoms. The number of nitrogens with one attached hydrogen (secondary N) is 1. The van der Waals surface area contributed by atoms with Crippen LogP contribution < -0.4 is 4.72 Å². The maximum atomic E-state index is 11.3. The van der Waals surface area contributed by atoms with Crippen LogP contribution in [0.15, 0.2) is 18.2 Å². The second-order valence-electron chi connectivity index (χ2n) is 6.42. The van der Waals surface area contributed by atoms with Gasteiger partial charge in [0.15, 0.2) is 0 Å². The fourth-order valence-electron chi connectivity index (χ4n) is 2.97. The Morgan fingerprint density at radius 2 is 2.13 bits per heavy atom. The van der Waals surface area contributed by atoms with E-state index < -0.39 is 10.0 Å². The molecule has 0 bridgehead atoms. The van der Waals surface area contributed by atoms with E-state index in [1.807, 2.05) is 26.0 Å². The minimum absolute atomic E-state index is 0.0880. The molecule has 0 aromatic heterocycles. The molecule has 23 heavy (non-hydrogen) atoms. The van der Waals surface area contributed by atoms with E-state index in [0.29, 0.717) is 13.1 Å². The number of nitro groups is 1. The summed E-state index contributed by atoms with van der Waals surface area (Å²) in [5, 5.41) is 11.2. The topological polar surface area (TPSA) is 92.6 Å². The minimum atomic E-state index is -3.20. The Morgan fingerprint density at radius 1 is 1.43 bits per heavy atom. The van der Waals surface area contributed by atoms with Crippen LogP contribution in [0.5, 0.6) is 0 Å². The molecule has 2 rings (SSSR count). The molecule has 1 aliphatic heterocycles. The van der Waals surface area contributed by atoms with Gasteiger partial charge in [0.05, 0.1) is 11.2 Å². The quantitative estimate of drug-likeness (QED) is 0.629. The van der Waals surface area contributed by atoms with E-state index in [1.54, 1.807) is 6.07 Å². The van der Waals surface area contributed by atoms with E-state index in [9.17, 15) is 18.5 Å². The Balaban J connectivity index is 2.07. The zero-order chi connectivity index (χ0) is 17.2. The van der Waals surface area contributed by atoms with Crippen molar-refractivity contribution < 1.29 is 13.3 Å². The predicted octanol–water partition coefficient (Wildman–Crippen LogP) is 1.84. The van der Waals surface area contributed by atoms with Gasteiger partial charge in [-0.2, -0.15) is 0 Å². The molecular formula is C15H23N3O4S. The number of likely N-dealkylation sites (tertiary alicyclic amines) is 1. The summed E-state index contributed by atoms with van der Waals surface area (Å²) in [5.41, 5.74) is 1.76. The highest BCUT2D eigenvalue weighted by atomic mass is 32.2. The third-order valence-corrected chi connectivity index (χ3v) is 4.73. The van der Waals surface area contributed by atoms with Crippen molar-refractivity contribution in [3.8, 4) is 0 Å². The average molecular weight is 341 g/mol. The normalized spacial score (nSPS) is 19.4. The number of nitrogens with zero attached hydrogens (tertiary/aromatic N) is 2. The van der Waals surface area contributed by atoms with Gasteiger partial charge in [-0.05, 0) is 17.9 Å². The second-order valence-corrected chi connectivity index (χ2v) is 8.20. The first kappa shape index (κ1) is 17.8. The molecule has 1 aromatic rings. The molecule has 8 heteroatoms. The van der Waals surface area contributed by atoms with Crippen LogP contribution >= 0.6 is 0 Å². The summed E-state index contributed by atoms with van der Waals surface area (Å²) in [7, 11) is -3.20. The van der Waals surface area contributed by atoms with Crippen molar-refractivity contribution in [3.63, 3.8) is 0 Å². The SMILES string of the molecule is CC(C)c1ccc(CN2CCC(NS(C)(=O)=O)C2)cc1[N+](=O)[O-]. The van der Waals surface area contributed by atoms with Crippen LogP contribution in [0.1, 0.15) is 37.3 Å². The molecule has 1 aliphatic rings. The standard InChI is InChI=1S/C15H23N3O4S/c1-11(2)14-5-4-12(8-15(14)18(19)20)9-17-7-6-13(10-17)16-23(3,21)22/h4-5,8,11,13,16H,6-7,9-10H2,1-3H3. The van der Waals surface area contributed by atoms with Crippen LogP contribution in [0.4, 0.5) is 5.69 Å². The Kier molecular flexibility index (Phi) is 5.38. The molecule has 1 N–H and O–H groups in total. The molecule has 1 aromatic carbocycles. The van der Waals surface area contributed by atoms with Gasteiger partial charge in [-0.1, -0.05) is 26.0 Å². The largest absolute Gasteiger partial charge is 0.297 e. The van der Waals surface area contributed by atoms with Gasteiger partial charge in [0.2, 0.25) is 10.0 Å². The van der Waals surface area contributed by atoms with Gasteiger partial charge in [0.25, 0.3) is 5.69 Å². The molecular weight excluding hydrogens is 318 g/mol. The zero-order valence-corrected chi connectivity index (χ0v) is 14.5. The lowest BCUT2D eigenvalue weighted by Crippen LogP contribution is -2.36. The third kappa shape index (κ3) is 4.98. The molecule has 1 saturated heterocycles. The van der Waals surface area contributed by atoms with Crippen LogP contribution in [0.3, 0.4) is 0 Å². The molecule has 128 valence electrons. The minimum Gasteiger partial charge on any atom is -0.297 e. The van der Waals surface area contributed by atoms with Crippen LogP contribution in [-0.4, -0.2) is 43.6 Å². The van der Waals surface area contributed by atoms with E-state index in [2.05, 4.69) is 9.62 Å². The van der Waals surface area contributed by atoms with Crippen molar-refractivity contribution in [2.24, 2.45) is 0 Å². The molecule has 0 aliphatic carbocycles. The van der Waals surface area contributed by atoms with Crippen LogP contribution in [-0.2, 0) is 16.6 Å². The first-order valence-electron chi connectivity index (χ1n) is 7.62. The number of nitro benzene ring substituents is 1. The molecule has 0 saturated carbocycles. The van der Waals surface area contributed by atoms with Crippen molar-refractivity contribution >= 4 is 15.7 Å². The van der Waals surface area contributed by atoms with Gasteiger partial charge in [-0.25, -0.2) is 13.1 Å². The molecule has 1 atom stereocenters. The van der Waals surface area contributed by atoms with Crippen LogP contribution in [0, 0.1) is 10.1 Å². The van der Waals surface area contributed by atoms with Crippen molar-refractivity contribution in [1.82, 2.24) is 9.62 Å². The number of benzene rings is 1. The maximum Gasteiger partial charge on any atom is 0.273 e. The predicted molar refractivity (Wildman–Crippen MR) is 88.8 cm³/mol. The fraction of sp³-hybridized carbons (Fsp3) is 0.600. The first-order chi connectivity index (χ1) is 10.7. The lowest BCUT2D eigenvalue weighted by molar-refractivity contribution is -0.385. The van der Waals surface area contributed by atoms with E-state index in [1.165, 1.54) is 0 Å². The molecule has 1 unspecified atom stereocenters. The maximum absolute atomic E-state index is 11.3. The van der Waals surface area contributed by atoms with E-state index >= 15 is 0 Å². The molecule has 0 amide bonds. The Hall–Kier alpha value is -1.51. The highest BCUT2D eigenvalue weighted by Crippen LogP contribution is 2.28. The molecule has 0 radical (unpaired) electrons. The number of hydrogen-bond donors (Lipinski definition) is 1. The summed E-state index contributed by atoms with van der Waals surface area (Å²) in [4.78, 5) is 13.0. The Morgan fingerprint density at radius 3 is 2.70 bits per heavy atom. The third-order valence-electron chi connectivity index (χ3n) is 3.97. The van der Waals surface area contributed by atoms with Crippen molar-refractivity contribution in [2.75, 3.05) is 19.3 Å². The van der Waals surface area contributed by atoms with Crippen molar-refractivity contribution in [1.29, 1.82) is 0 Å². The van der Waals surface area contributed by atoms with Crippen molar-refractivity contribution in [2.45, 2.75) is 38.8 Å². The van der Waals surface area contributed by atoms with Gasteiger partial charge in [0.1, 0.15) is 0 Å². The smallest absolute Gasteiger partial charge is 0.273 e. The van der Waals surface area contributed by atoms with Gasteiger partial charge in [-0.15, -0.1) is 0 Å².